The number of benzene rings is 2. The normalized spacial score (nSPS) is 17.1. The number of anilines is 1. The van der Waals surface area contributed by atoms with Crippen LogP contribution in [0.2, 0.25) is 0 Å². The van der Waals surface area contributed by atoms with Crippen LogP contribution in [0.15, 0.2) is 47.4 Å². The zero-order chi connectivity index (χ0) is 14.8. The molecule has 21 heavy (non-hydrogen) atoms. The Morgan fingerprint density at radius 3 is 2.90 bits per heavy atom. The van der Waals surface area contributed by atoms with E-state index in [9.17, 15) is 9.18 Å². The smallest absolute Gasteiger partial charge is 0.254 e. The molecule has 2 aromatic carbocycles. The van der Waals surface area contributed by atoms with Crippen LogP contribution >= 0.6 is 11.8 Å². The van der Waals surface area contributed by atoms with Gasteiger partial charge >= 0.3 is 0 Å². The Kier molecular flexibility index (Phi) is 3.84. The first-order valence-electron chi connectivity index (χ1n) is 6.73. The number of rotatable bonds is 2. The number of nitrogen functional groups attached to an aromatic ring is 1. The molecule has 3 N–H and O–H groups in total. The predicted octanol–water partition coefficient (Wildman–Crippen LogP) is 3.37. The summed E-state index contributed by atoms with van der Waals surface area (Å²) < 4.78 is 13.8. The van der Waals surface area contributed by atoms with Crippen molar-refractivity contribution in [3.63, 3.8) is 0 Å². The average Bonchev–Trinajstić information content (AvgIpc) is 2.47. The molecule has 0 radical (unpaired) electrons. The lowest BCUT2D eigenvalue weighted by molar-refractivity contribution is 0.0931. The third-order valence-corrected chi connectivity index (χ3v) is 4.62. The first-order valence-corrected chi connectivity index (χ1v) is 7.71. The number of fused-ring (bicyclic) bond motifs is 1. The monoisotopic (exact) mass is 302 g/mol. The topological polar surface area (TPSA) is 55.1 Å². The van der Waals surface area contributed by atoms with Crippen molar-refractivity contribution in [2.75, 3.05) is 11.5 Å². The molecule has 1 unspecified atom stereocenters. The fraction of sp³-hybridized carbons (Fsp3) is 0.188. The van der Waals surface area contributed by atoms with E-state index in [1.54, 1.807) is 11.8 Å². The van der Waals surface area contributed by atoms with E-state index in [4.69, 9.17) is 5.73 Å². The number of hydrogen-bond donors (Lipinski definition) is 2. The zero-order valence-corrected chi connectivity index (χ0v) is 12.1. The summed E-state index contributed by atoms with van der Waals surface area (Å²) >= 11 is 1.78. The molecule has 0 saturated carbocycles. The van der Waals surface area contributed by atoms with Crippen molar-refractivity contribution in [2.45, 2.75) is 17.4 Å². The number of thioether (sulfide) groups is 1. The highest BCUT2D eigenvalue weighted by atomic mass is 32.2. The number of nitrogens with one attached hydrogen (secondary N) is 1. The van der Waals surface area contributed by atoms with Crippen LogP contribution in [0.1, 0.15) is 28.4 Å². The van der Waals surface area contributed by atoms with Crippen LogP contribution in [0.5, 0.6) is 0 Å². The highest BCUT2D eigenvalue weighted by Gasteiger charge is 2.23. The summed E-state index contributed by atoms with van der Waals surface area (Å²) in [7, 11) is 0. The largest absolute Gasteiger partial charge is 0.399 e. The fourth-order valence-corrected chi connectivity index (χ4v) is 3.57. The summed E-state index contributed by atoms with van der Waals surface area (Å²) in [5.41, 5.74) is 6.93. The van der Waals surface area contributed by atoms with Crippen LogP contribution in [0.3, 0.4) is 0 Å². The summed E-state index contributed by atoms with van der Waals surface area (Å²) in [6, 6.07) is 12.0. The molecule has 0 spiro atoms. The predicted molar refractivity (Wildman–Crippen MR) is 82.8 cm³/mol. The van der Waals surface area contributed by atoms with Crippen molar-refractivity contribution in [3.05, 3.63) is 59.4 Å². The number of carbonyl (C=O) groups is 1. The quantitative estimate of drug-likeness (QED) is 0.836. The number of carbonyl (C=O) groups excluding carboxylic acids is 1. The minimum absolute atomic E-state index is 0.0277. The van der Waals surface area contributed by atoms with Gasteiger partial charge < -0.3 is 11.1 Å². The summed E-state index contributed by atoms with van der Waals surface area (Å²) in [4.78, 5) is 13.4. The lowest BCUT2D eigenvalue weighted by Crippen LogP contribution is -2.31. The van der Waals surface area contributed by atoms with Crippen LogP contribution in [-0.4, -0.2) is 11.7 Å². The maximum absolute atomic E-state index is 13.8. The molecule has 0 saturated heterocycles. The number of nitrogens with two attached hydrogens (primary N) is 1. The van der Waals surface area contributed by atoms with E-state index in [1.807, 2.05) is 24.3 Å². The molecular weight excluding hydrogens is 287 g/mol. The molecule has 1 heterocycles. The van der Waals surface area contributed by atoms with Crippen LogP contribution in [0, 0.1) is 5.82 Å². The van der Waals surface area contributed by atoms with Crippen LogP contribution < -0.4 is 11.1 Å². The Bertz CT molecular complexity index is 690. The second-order valence-corrected chi connectivity index (χ2v) is 6.08. The van der Waals surface area contributed by atoms with Gasteiger partial charge in [-0.3, -0.25) is 4.79 Å². The SMILES string of the molecule is Nc1ccc(C(=O)NC2CCSc3ccccc32)c(F)c1. The fourth-order valence-electron chi connectivity index (χ4n) is 2.44. The lowest BCUT2D eigenvalue weighted by Gasteiger charge is -2.26. The van der Waals surface area contributed by atoms with E-state index < -0.39 is 11.7 Å². The number of amides is 1. The number of halogens is 1. The van der Waals surface area contributed by atoms with Crippen LogP contribution in [0.25, 0.3) is 0 Å². The van der Waals surface area contributed by atoms with Gasteiger partial charge in [0.05, 0.1) is 11.6 Å². The lowest BCUT2D eigenvalue weighted by atomic mass is 10.0. The van der Waals surface area contributed by atoms with E-state index >= 15 is 0 Å². The molecule has 2 aromatic rings. The molecule has 0 fully saturated rings. The van der Waals surface area contributed by atoms with Gasteiger partial charge in [-0.1, -0.05) is 18.2 Å². The highest BCUT2D eigenvalue weighted by molar-refractivity contribution is 7.99. The third kappa shape index (κ3) is 2.88. The van der Waals surface area contributed by atoms with Crippen molar-refractivity contribution >= 4 is 23.4 Å². The Balaban J connectivity index is 1.83. The summed E-state index contributed by atoms with van der Waals surface area (Å²) in [6.07, 6.45) is 0.837. The molecule has 0 aliphatic carbocycles. The standard InChI is InChI=1S/C16H15FN2OS/c17-13-9-10(18)5-6-11(13)16(20)19-14-7-8-21-15-4-2-1-3-12(14)15/h1-6,9,14H,7-8,18H2,(H,19,20). The average molecular weight is 302 g/mol. The van der Waals surface area contributed by atoms with Gasteiger partial charge in [0, 0.05) is 16.3 Å². The van der Waals surface area contributed by atoms with Crippen molar-refractivity contribution in [3.8, 4) is 0 Å². The molecular formula is C16H15FN2OS. The minimum Gasteiger partial charge on any atom is -0.399 e. The molecule has 5 heteroatoms. The molecule has 0 aromatic heterocycles. The Labute approximate surface area is 126 Å². The Morgan fingerprint density at radius 2 is 2.10 bits per heavy atom. The maximum Gasteiger partial charge on any atom is 0.254 e. The van der Waals surface area contributed by atoms with Crippen LogP contribution in [0.4, 0.5) is 10.1 Å². The summed E-state index contributed by atoms with van der Waals surface area (Å²) in [5, 5.41) is 2.92. The second kappa shape index (κ2) is 5.77. The molecule has 1 atom stereocenters. The van der Waals surface area contributed by atoms with E-state index in [-0.39, 0.29) is 11.6 Å². The molecule has 1 aliphatic heterocycles. The van der Waals surface area contributed by atoms with Gasteiger partial charge in [-0.25, -0.2) is 4.39 Å². The molecule has 0 bridgehead atoms. The van der Waals surface area contributed by atoms with Gasteiger partial charge in [0.25, 0.3) is 5.91 Å². The molecule has 1 amide bonds. The van der Waals surface area contributed by atoms with Crippen LogP contribution in [-0.2, 0) is 0 Å². The highest BCUT2D eigenvalue weighted by Crippen LogP contribution is 2.35. The van der Waals surface area contributed by atoms with E-state index in [0.29, 0.717) is 5.69 Å². The van der Waals surface area contributed by atoms with Gasteiger partial charge in [0.15, 0.2) is 0 Å². The van der Waals surface area contributed by atoms with Gasteiger partial charge in [-0.2, -0.15) is 0 Å². The van der Waals surface area contributed by atoms with E-state index in [0.717, 1.165) is 17.7 Å². The van der Waals surface area contributed by atoms with Crippen molar-refractivity contribution in [1.29, 1.82) is 0 Å². The van der Waals surface area contributed by atoms with Gasteiger partial charge in [-0.15, -0.1) is 11.8 Å². The van der Waals surface area contributed by atoms with Crippen molar-refractivity contribution in [1.82, 2.24) is 5.32 Å². The Morgan fingerprint density at radius 1 is 1.29 bits per heavy atom. The van der Waals surface area contributed by atoms with Gasteiger partial charge in [0.2, 0.25) is 0 Å². The molecule has 1 aliphatic rings. The second-order valence-electron chi connectivity index (χ2n) is 4.94. The third-order valence-electron chi connectivity index (χ3n) is 3.50. The first-order chi connectivity index (χ1) is 10.1. The van der Waals surface area contributed by atoms with Gasteiger partial charge in [-0.05, 0) is 36.2 Å². The minimum atomic E-state index is -0.592. The molecule has 3 nitrogen and oxygen atoms in total. The summed E-state index contributed by atoms with van der Waals surface area (Å²) in [5.74, 6) is -0.0585. The van der Waals surface area contributed by atoms with Crippen molar-refractivity contribution in [2.24, 2.45) is 0 Å². The van der Waals surface area contributed by atoms with Gasteiger partial charge in [0.1, 0.15) is 5.82 Å². The zero-order valence-electron chi connectivity index (χ0n) is 11.3. The van der Waals surface area contributed by atoms with E-state index in [2.05, 4.69) is 5.32 Å². The number of hydrogen-bond acceptors (Lipinski definition) is 3. The first kappa shape index (κ1) is 13.9. The van der Waals surface area contributed by atoms with E-state index in [1.165, 1.54) is 23.1 Å². The molecule has 108 valence electrons. The maximum atomic E-state index is 13.8. The Hall–Kier alpha value is -2.01. The van der Waals surface area contributed by atoms with Crippen molar-refractivity contribution < 1.29 is 9.18 Å². The summed E-state index contributed by atoms with van der Waals surface area (Å²) in [6.45, 7) is 0. The molecule has 3 rings (SSSR count).